The molecule has 0 unspecified atom stereocenters. The highest BCUT2D eigenvalue weighted by atomic mass is 79.9. The molecule has 0 aliphatic rings. The first-order valence-corrected chi connectivity index (χ1v) is 5.88. The van der Waals surface area contributed by atoms with Crippen LogP contribution in [0.15, 0.2) is 18.2 Å². The second kappa shape index (κ2) is 4.74. The van der Waals surface area contributed by atoms with Gasteiger partial charge in [-0.3, -0.25) is 4.79 Å². The number of alkyl halides is 1. The first kappa shape index (κ1) is 12.8. The molecular weight excluding hydrogens is 274 g/mol. The molecule has 0 heterocycles. The van der Waals surface area contributed by atoms with E-state index in [-0.39, 0.29) is 22.9 Å². The fourth-order valence-corrected chi connectivity index (χ4v) is 1.22. The zero-order chi connectivity index (χ0) is 12.3. The molecule has 1 rings (SSSR count). The van der Waals surface area contributed by atoms with Crippen LogP contribution in [0.1, 0.15) is 24.2 Å². The van der Waals surface area contributed by atoms with Crippen LogP contribution in [0.5, 0.6) is 11.5 Å². The minimum atomic E-state index is -0.370. The molecule has 0 aliphatic heterocycles. The summed E-state index contributed by atoms with van der Waals surface area (Å²) in [5, 5.41) is 21.8. The Morgan fingerprint density at radius 2 is 2.00 bits per heavy atom. The molecule has 0 atom stereocenters. The van der Waals surface area contributed by atoms with E-state index in [1.165, 1.54) is 18.2 Å². The van der Waals surface area contributed by atoms with Gasteiger partial charge in [0.2, 0.25) is 0 Å². The van der Waals surface area contributed by atoms with Crippen molar-refractivity contribution in [2.24, 2.45) is 0 Å². The molecule has 0 saturated heterocycles. The normalized spacial score (nSPS) is 11.2. The van der Waals surface area contributed by atoms with Gasteiger partial charge in [0, 0.05) is 16.4 Å². The van der Waals surface area contributed by atoms with E-state index in [0.717, 1.165) is 0 Å². The van der Waals surface area contributed by atoms with Gasteiger partial charge in [0.15, 0.2) is 11.5 Å². The van der Waals surface area contributed by atoms with Crippen molar-refractivity contribution in [1.29, 1.82) is 0 Å². The molecule has 0 radical (unpaired) electrons. The van der Waals surface area contributed by atoms with Crippen LogP contribution in [0.25, 0.3) is 0 Å². The molecule has 0 aromatic heterocycles. The molecule has 0 saturated carbocycles. The van der Waals surface area contributed by atoms with E-state index < -0.39 is 0 Å². The molecule has 3 N–H and O–H groups in total. The summed E-state index contributed by atoms with van der Waals surface area (Å²) in [6.45, 7) is 3.75. The van der Waals surface area contributed by atoms with Gasteiger partial charge in [-0.1, -0.05) is 15.9 Å². The van der Waals surface area contributed by atoms with Crippen LogP contribution >= 0.6 is 15.9 Å². The summed E-state index contributed by atoms with van der Waals surface area (Å²) in [7, 11) is 0. The molecular formula is C11H14BrNO3. The molecule has 1 aromatic carbocycles. The van der Waals surface area contributed by atoms with Gasteiger partial charge in [-0.25, -0.2) is 0 Å². The number of amides is 1. The zero-order valence-corrected chi connectivity index (χ0v) is 10.7. The Hall–Kier alpha value is -1.23. The maximum Gasteiger partial charge on any atom is 0.251 e. The number of rotatable bonds is 3. The number of aromatic hydroxyl groups is 2. The summed E-state index contributed by atoms with van der Waals surface area (Å²) in [5.74, 6) is -0.833. The Morgan fingerprint density at radius 3 is 2.50 bits per heavy atom. The first-order valence-electron chi connectivity index (χ1n) is 4.76. The maximum atomic E-state index is 11.8. The fourth-order valence-electron chi connectivity index (χ4n) is 1.08. The van der Waals surface area contributed by atoms with Gasteiger partial charge in [0.05, 0.1) is 0 Å². The van der Waals surface area contributed by atoms with Crippen LogP contribution in [0.2, 0.25) is 0 Å². The predicted octanol–water partition coefficient (Wildman–Crippen LogP) is 2.00. The Kier molecular flexibility index (Phi) is 3.80. The Labute approximate surface area is 102 Å². The fraction of sp³-hybridized carbons (Fsp3) is 0.364. The Balaban J connectivity index is 2.85. The summed E-state index contributed by atoms with van der Waals surface area (Å²) in [6.07, 6.45) is 0. The average Bonchev–Trinajstić information content (AvgIpc) is 2.21. The first-order chi connectivity index (χ1) is 7.35. The van der Waals surface area contributed by atoms with Crippen LogP contribution in [0, 0.1) is 0 Å². The van der Waals surface area contributed by atoms with Crippen LogP contribution in [-0.2, 0) is 0 Å². The molecule has 4 nitrogen and oxygen atoms in total. The smallest absolute Gasteiger partial charge is 0.251 e. The highest BCUT2D eigenvalue weighted by Crippen LogP contribution is 2.25. The highest BCUT2D eigenvalue weighted by Gasteiger charge is 2.20. The number of benzene rings is 1. The number of hydrogen-bond donors (Lipinski definition) is 3. The number of carbonyl (C=O) groups is 1. The van der Waals surface area contributed by atoms with Crippen molar-refractivity contribution in [3.63, 3.8) is 0 Å². The SMILES string of the molecule is CC(C)(CBr)NC(=O)c1ccc(O)c(O)c1. The van der Waals surface area contributed by atoms with Crippen LogP contribution < -0.4 is 5.32 Å². The van der Waals surface area contributed by atoms with Gasteiger partial charge in [-0.05, 0) is 32.0 Å². The van der Waals surface area contributed by atoms with Gasteiger partial charge >= 0.3 is 0 Å². The van der Waals surface area contributed by atoms with E-state index in [1.807, 2.05) is 13.8 Å². The minimum Gasteiger partial charge on any atom is -0.504 e. The van der Waals surface area contributed by atoms with Gasteiger partial charge in [-0.2, -0.15) is 0 Å². The summed E-state index contributed by atoms with van der Waals surface area (Å²) in [5.41, 5.74) is -0.0609. The van der Waals surface area contributed by atoms with E-state index in [2.05, 4.69) is 21.2 Å². The summed E-state index contributed by atoms with van der Waals surface area (Å²) >= 11 is 3.29. The van der Waals surface area contributed by atoms with Crippen molar-refractivity contribution in [3.05, 3.63) is 23.8 Å². The summed E-state index contributed by atoms with van der Waals surface area (Å²) < 4.78 is 0. The molecule has 1 amide bonds. The second-order valence-corrected chi connectivity index (χ2v) is 4.74. The van der Waals surface area contributed by atoms with E-state index >= 15 is 0 Å². The van der Waals surface area contributed by atoms with E-state index in [9.17, 15) is 9.90 Å². The number of halogens is 1. The molecule has 1 aromatic rings. The third-order valence-corrected chi connectivity index (χ3v) is 3.43. The third kappa shape index (κ3) is 3.13. The lowest BCUT2D eigenvalue weighted by Crippen LogP contribution is -2.44. The Bertz CT molecular complexity index is 404. The van der Waals surface area contributed by atoms with Gasteiger partial charge in [0.25, 0.3) is 5.91 Å². The number of phenolic OH excluding ortho intramolecular Hbond substituents is 2. The van der Waals surface area contributed by atoms with Crippen LogP contribution in [0.4, 0.5) is 0 Å². The number of hydrogen-bond acceptors (Lipinski definition) is 3. The lowest BCUT2D eigenvalue weighted by atomic mass is 10.1. The summed E-state index contributed by atoms with van der Waals surface area (Å²) in [6, 6.07) is 3.97. The molecule has 0 spiro atoms. The molecule has 0 fully saturated rings. The number of carbonyl (C=O) groups excluding carboxylic acids is 1. The molecule has 88 valence electrons. The monoisotopic (exact) mass is 287 g/mol. The van der Waals surface area contributed by atoms with E-state index in [1.54, 1.807) is 0 Å². The van der Waals surface area contributed by atoms with Crippen molar-refractivity contribution < 1.29 is 15.0 Å². The Morgan fingerprint density at radius 1 is 1.38 bits per heavy atom. The van der Waals surface area contributed by atoms with Gasteiger partial charge in [0.1, 0.15) is 0 Å². The summed E-state index contributed by atoms with van der Waals surface area (Å²) in [4.78, 5) is 11.8. The van der Waals surface area contributed by atoms with Crippen molar-refractivity contribution in [1.82, 2.24) is 5.32 Å². The maximum absolute atomic E-state index is 11.8. The van der Waals surface area contributed by atoms with Crippen molar-refractivity contribution in [2.75, 3.05) is 5.33 Å². The standard InChI is InChI=1S/C11H14BrNO3/c1-11(2,6-12)13-10(16)7-3-4-8(14)9(15)5-7/h3-5,14-15H,6H2,1-2H3,(H,13,16). The number of phenols is 2. The highest BCUT2D eigenvalue weighted by molar-refractivity contribution is 9.09. The van der Waals surface area contributed by atoms with Crippen molar-refractivity contribution in [2.45, 2.75) is 19.4 Å². The van der Waals surface area contributed by atoms with Crippen molar-refractivity contribution in [3.8, 4) is 11.5 Å². The second-order valence-electron chi connectivity index (χ2n) is 4.18. The molecule has 16 heavy (non-hydrogen) atoms. The van der Waals surface area contributed by atoms with Crippen LogP contribution in [0.3, 0.4) is 0 Å². The van der Waals surface area contributed by atoms with Gasteiger partial charge in [-0.15, -0.1) is 0 Å². The predicted molar refractivity (Wildman–Crippen MR) is 65.1 cm³/mol. The van der Waals surface area contributed by atoms with Gasteiger partial charge < -0.3 is 15.5 Å². The minimum absolute atomic E-state index is 0.240. The van der Waals surface area contributed by atoms with E-state index in [0.29, 0.717) is 10.9 Å². The molecule has 0 bridgehead atoms. The van der Waals surface area contributed by atoms with Crippen molar-refractivity contribution >= 4 is 21.8 Å². The average molecular weight is 288 g/mol. The lowest BCUT2D eigenvalue weighted by Gasteiger charge is -2.23. The largest absolute Gasteiger partial charge is 0.504 e. The molecule has 0 aliphatic carbocycles. The van der Waals surface area contributed by atoms with Crippen LogP contribution in [-0.4, -0.2) is 27.0 Å². The molecule has 5 heteroatoms. The number of nitrogens with one attached hydrogen (secondary N) is 1. The quantitative estimate of drug-likeness (QED) is 0.588. The lowest BCUT2D eigenvalue weighted by molar-refractivity contribution is 0.0921. The third-order valence-electron chi connectivity index (χ3n) is 2.02. The van der Waals surface area contributed by atoms with E-state index in [4.69, 9.17) is 5.11 Å². The zero-order valence-electron chi connectivity index (χ0n) is 9.12. The topological polar surface area (TPSA) is 69.6 Å².